The van der Waals surface area contributed by atoms with E-state index in [1.807, 2.05) is 0 Å². The van der Waals surface area contributed by atoms with Crippen LogP contribution >= 0.6 is 0 Å². The lowest BCUT2D eigenvalue weighted by Gasteiger charge is -2.26. The highest BCUT2D eigenvalue weighted by Crippen LogP contribution is 2.22. The first kappa shape index (κ1) is 9.15. The van der Waals surface area contributed by atoms with E-state index < -0.39 is 29.9 Å². The van der Waals surface area contributed by atoms with Crippen LogP contribution in [0.3, 0.4) is 0 Å². The number of carbonyl (C=O) groups is 2. The van der Waals surface area contributed by atoms with Gasteiger partial charge < -0.3 is 15.3 Å². The fourth-order valence-electron chi connectivity index (χ4n) is 1.27. The molecule has 0 heterocycles. The molecule has 12 heavy (non-hydrogen) atoms. The smallest absolute Gasteiger partial charge is 0.307 e. The van der Waals surface area contributed by atoms with Crippen LogP contribution in [-0.4, -0.2) is 39.3 Å². The summed E-state index contributed by atoms with van der Waals surface area (Å²) < 4.78 is 0. The number of carboxylic acid groups (broad SMARTS) is 1. The number of rotatable bonds is 1. The molecule has 0 amide bonds. The zero-order valence-electron chi connectivity index (χ0n) is 6.30. The molecule has 3 N–H and O–H groups in total. The van der Waals surface area contributed by atoms with Crippen LogP contribution in [0.25, 0.3) is 0 Å². The third kappa shape index (κ3) is 1.62. The molecule has 3 atom stereocenters. The standard InChI is InChI=1S/C7H10O5/c8-4-1-3(7(11)12)2-5(9)6(4)10/h3-4,6,8,10H,1-2H2,(H,11,12). The summed E-state index contributed by atoms with van der Waals surface area (Å²) in [5.41, 5.74) is 0. The highest BCUT2D eigenvalue weighted by Gasteiger charge is 2.37. The normalized spacial score (nSPS) is 36.5. The fourth-order valence-corrected chi connectivity index (χ4v) is 1.27. The second kappa shape index (κ2) is 3.20. The second-order valence-electron chi connectivity index (χ2n) is 2.95. The van der Waals surface area contributed by atoms with E-state index in [1.54, 1.807) is 0 Å². The van der Waals surface area contributed by atoms with Crippen LogP contribution in [0.1, 0.15) is 12.8 Å². The van der Waals surface area contributed by atoms with Crippen molar-refractivity contribution < 1.29 is 24.9 Å². The summed E-state index contributed by atoms with van der Waals surface area (Å²) in [7, 11) is 0. The molecule has 1 fully saturated rings. The summed E-state index contributed by atoms with van der Waals surface area (Å²) in [4.78, 5) is 21.3. The van der Waals surface area contributed by atoms with Crippen LogP contribution in [0.15, 0.2) is 0 Å². The SMILES string of the molecule is O=C(O)C1CC(=O)C(O)C(O)C1. The van der Waals surface area contributed by atoms with E-state index >= 15 is 0 Å². The predicted molar refractivity (Wildman–Crippen MR) is 37.4 cm³/mol. The number of aliphatic hydroxyl groups is 2. The van der Waals surface area contributed by atoms with Crippen LogP contribution < -0.4 is 0 Å². The average Bonchev–Trinajstić information content (AvgIpc) is 1.99. The minimum absolute atomic E-state index is 0.0533. The first-order valence-corrected chi connectivity index (χ1v) is 3.64. The summed E-state index contributed by atoms with van der Waals surface area (Å²) in [5, 5.41) is 26.5. The van der Waals surface area contributed by atoms with E-state index in [1.165, 1.54) is 0 Å². The maximum absolute atomic E-state index is 10.8. The molecule has 0 aliphatic heterocycles. The Bertz CT molecular complexity index is 212. The molecule has 0 saturated heterocycles. The van der Waals surface area contributed by atoms with Crippen molar-refractivity contribution in [3.63, 3.8) is 0 Å². The highest BCUT2D eigenvalue weighted by atomic mass is 16.4. The van der Waals surface area contributed by atoms with Gasteiger partial charge in [-0.25, -0.2) is 0 Å². The van der Waals surface area contributed by atoms with Gasteiger partial charge in [0.2, 0.25) is 0 Å². The molecule has 5 heteroatoms. The van der Waals surface area contributed by atoms with Gasteiger partial charge in [-0.2, -0.15) is 0 Å². The third-order valence-electron chi connectivity index (χ3n) is 2.02. The molecule has 1 saturated carbocycles. The average molecular weight is 174 g/mol. The Morgan fingerprint density at radius 3 is 2.42 bits per heavy atom. The van der Waals surface area contributed by atoms with Gasteiger partial charge in [-0.15, -0.1) is 0 Å². The Labute approximate surface area is 68.6 Å². The zero-order valence-corrected chi connectivity index (χ0v) is 6.30. The molecule has 5 nitrogen and oxygen atoms in total. The van der Waals surface area contributed by atoms with Crippen molar-refractivity contribution in [3.8, 4) is 0 Å². The van der Waals surface area contributed by atoms with Gasteiger partial charge >= 0.3 is 5.97 Å². The molecular weight excluding hydrogens is 164 g/mol. The van der Waals surface area contributed by atoms with Crippen molar-refractivity contribution in [3.05, 3.63) is 0 Å². The summed E-state index contributed by atoms with van der Waals surface area (Å²) in [5.74, 6) is -2.55. The second-order valence-corrected chi connectivity index (χ2v) is 2.95. The molecular formula is C7H10O5. The molecule has 3 unspecified atom stereocenters. The molecule has 0 aromatic carbocycles. The number of aliphatic hydroxyl groups excluding tert-OH is 2. The Hall–Kier alpha value is -0.940. The van der Waals surface area contributed by atoms with E-state index in [4.69, 9.17) is 15.3 Å². The number of hydrogen-bond donors (Lipinski definition) is 3. The van der Waals surface area contributed by atoms with Gasteiger partial charge in [-0.05, 0) is 6.42 Å². The van der Waals surface area contributed by atoms with E-state index in [9.17, 15) is 9.59 Å². The number of carbonyl (C=O) groups excluding carboxylic acids is 1. The zero-order chi connectivity index (χ0) is 9.30. The van der Waals surface area contributed by atoms with Crippen molar-refractivity contribution in [2.24, 2.45) is 5.92 Å². The predicted octanol–water partition coefficient (Wildman–Crippen LogP) is -1.23. The lowest BCUT2D eigenvalue weighted by Crippen LogP contribution is -2.43. The van der Waals surface area contributed by atoms with Gasteiger partial charge in [0.05, 0.1) is 12.0 Å². The summed E-state index contributed by atoms with van der Waals surface area (Å²) in [6.45, 7) is 0. The van der Waals surface area contributed by atoms with Gasteiger partial charge in [0, 0.05) is 6.42 Å². The van der Waals surface area contributed by atoms with Crippen LogP contribution in [0.5, 0.6) is 0 Å². The molecule has 0 radical (unpaired) electrons. The van der Waals surface area contributed by atoms with Crippen LogP contribution in [0.2, 0.25) is 0 Å². The monoisotopic (exact) mass is 174 g/mol. The minimum Gasteiger partial charge on any atom is -0.481 e. The Balaban J connectivity index is 2.66. The quantitative estimate of drug-likeness (QED) is 0.462. The van der Waals surface area contributed by atoms with E-state index in [2.05, 4.69) is 0 Å². The van der Waals surface area contributed by atoms with Crippen LogP contribution in [0.4, 0.5) is 0 Å². The Morgan fingerprint density at radius 1 is 1.42 bits per heavy atom. The molecule has 68 valence electrons. The van der Waals surface area contributed by atoms with Gasteiger partial charge in [-0.3, -0.25) is 9.59 Å². The molecule has 0 spiro atoms. The van der Waals surface area contributed by atoms with E-state index in [0.29, 0.717) is 0 Å². The van der Waals surface area contributed by atoms with Crippen molar-refractivity contribution >= 4 is 11.8 Å². The molecule has 0 bridgehead atoms. The maximum Gasteiger partial charge on any atom is 0.307 e. The van der Waals surface area contributed by atoms with Crippen LogP contribution in [0, 0.1) is 5.92 Å². The van der Waals surface area contributed by atoms with E-state index in [-0.39, 0.29) is 12.8 Å². The number of aliphatic carboxylic acids is 1. The summed E-state index contributed by atoms with van der Waals surface area (Å²) in [6.07, 6.45) is -2.87. The largest absolute Gasteiger partial charge is 0.481 e. The van der Waals surface area contributed by atoms with Crippen molar-refractivity contribution in [1.82, 2.24) is 0 Å². The molecule has 1 rings (SSSR count). The lowest BCUT2D eigenvalue weighted by atomic mass is 9.84. The van der Waals surface area contributed by atoms with Gasteiger partial charge in [0.15, 0.2) is 5.78 Å². The molecule has 1 aliphatic rings. The Morgan fingerprint density at radius 2 is 2.00 bits per heavy atom. The Kier molecular flexibility index (Phi) is 2.44. The van der Waals surface area contributed by atoms with Gasteiger partial charge in [-0.1, -0.05) is 0 Å². The first-order valence-electron chi connectivity index (χ1n) is 3.64. The topological polar surface area (TPSA) is 94.8 Å². The summed E-state index contributed by atoms with van der Waals surface area (Å²) in [6, 6.07) is 0. The van der Waals surface area contributed by atoms with Crippen molar-refractivity contribution in [2.75, 3.05) is 0 Å². The molecule has 0 aromatic rings. The highest BCUT2D eigenvalue weighted by molar-refractivity contribution is 5.88. The molecule has 0 aromatic heterocycles. The summed E-state index contributed by atoms with van der Waals surface area (Å²) >= 11 is 0. The van der Waals surface area contributed by atoms with Crippen LogP contribution in [-0.2, 0) is 9.59 Å². The van der Waals surface area contributed by atoms with Crippen molar-refractivity contribution in [1.29, 1.82) is 0 Å². The number of carboxylic acids is 1. The minimum atomic E-state index is -1.40. The number of ketones is 1. The number of Topliss-reactive ketones (excluding diaryl/α,β-unsaturated/α-hetero) is 1. The van der Waals surface area contributed by atoms with E-state index in [0.717, 1.165) is 0 Å². The lowest BCUT2D eigenvalue weighted by molar-refractivity contribution is -0.153. The molecule has 1 aliphatic carbocycles. The first-order chi connectivity index (χ1) is 5.52. The van der Waals surface area contributed by atoms with Gasteiger partial charge in [0.1, 0.15) is 6.10 Å². The van der Waals surface area contributed by atoms with Crippen molar-refractivity contribution in [2.45, 2.75) is 25.0 Å². The van der Waals surface area contributed by atoms with Gasteiger partial charge in [0.25, 0.3) is 0 Å². The third-order valence-corrected chi connectivity index (χ3v) is 2.02. The number of hydrogen-bond acceptors (Lipinski definition) is 4. The fraction of sp³-hybridized carbons (Fsp3) is 0.714. The maximum atomic E-state index is 10.8.